The number of furan rings is 1. The van der Waals surface area contributed by atoms with Crippen LogP contribution < -0.4 is 10.0 Å². The van der Waals surface area contributed by atoms with Crippen molar-refractivity contribution < 1.29 is 17.6 Å². The maximum absolute atomic E-state index is 12.2. The van der Waals surface area contributed by atoms with Gasteiger partial charge >= 0.3 is 0 Å². The molecule has 0 spiro atoms. The lowest BCUT2D eigenvalue weighted by atomic mass is 9.97. The van der Waals surface area contributed by atoms with Gasteiger partial charge in [0, 0.05) is 6.61 Å². The van der Waals surface area contributed by atoms with Crippen LogP contribution in [0.2, 0.25) is 0 Å². The van der Waals surface area contributed by atoms with Crippen molar-refractivity contribution in [3.63, 3.8) is 0 Å². The molecule has 1 fully saturated rings. The molecule has 0 bridgehead atoms. The molecule has 1 aromatic rings. The second-order valence-electron chi connectivity index (χ2n) is 5.07. The predicted molar refractivity (Wildman–Crippen MR) is 70.3 cm³/mol. The Labute approximate surface area is 113 Å². The highest BCUT2D eigenvalue weighted by Crippen LogP contribution is 2.22. The van der Waals surface area contributed by atoms with Gasteiger partial charge in [0.1, 0.15) is 5.76 Å². The Morgan fingerprint density at radius 2 is 2.21 bits per heavy atom. The van der Waals surface area contributed by atoms with E-state index in [2.05, 4.69) is 10.0 Å². The fourth-order valence-electron chi connectivity index (χ4n) is 2.16. The summed E-state index contributed by atoms with van der Waals surface area (Å²) in [4.78, 5) is 0. The molecule has 0 amide bonds. The van der Waals surface area contributed by atoms with Gasteiger partial charge in [-0.1, -0.05) is 0 Å². The molecule has 1 unspecified atom stereocenters. The third-order valence-corrected chi connectivity index (χ3v) is 4.58. The monoisotopic (exact) mass is 288 g/mol. The summed E-state index contributed by atoms with van der Waals surface area (Å²) in [5.74, 6) is 0.591. The Morgan fingerprint density at radius 1 is 1.42 bits per heavy atom. The molecule has 1 aromatic heterocycles. The van der Waals surface area contributed by atoms with Crippen LogP contribution in [0.3, 0.4) is 0 Å². The van der Waals surface area contributed by atoms with Crippen LogP contribution in [-0.2, 0) is 21.3 Å². The molecule has 2 N–H and O–H groups in total. The van der Waals surface area contributed by atoms with Gasteiger partial charge < -0.3 is 14.5 Å². The highest BCUT2D eigenvalue weighted by Gasteiger charge is 2.34. The molecule has 1 aliphatic heterocycles. The largest absolute Gasteiger partial charge is 0.447 e. The van der Waals surface area contributed by atoms with Gasteiger partial charge in [-0.25, -0.2) is 13.1 Å². The average molecular weight is 288 g/mol. The quantitative estimate of drug-likeness (QED) is 0.839. The van der Waals surface area contributed by atoms with Crippen molar-refractivity contribution in [1.29, 1.82) is 0 Å². The van der Waals surface area contributed by atoms with Crippen LogP contribution in [0.25, 0.3) is 0 Å². The van der Waals surface area contributed by atoms with E-state index in [0.717, 1.165) is 12.8 Å². The third-order valence-electron chi connectivity index (χ3n) is 3.07. The van der Waals surface area contributed by atoms with Crippen LogP contribution in [-0.4, -0.2) is 34.2 Å². The number of sulfonamides is 1. The smallest absolute Gasteiger partial charge is 0.274 e. The van der Waals surface area contributed by atoms with Crippen LogP contribution in [0, 0.1) is 0 Å². The first-order valence-corrected chi connectivity index (χ1v) is 7.79. The molecule has 0 aliphatic carbocycles. The van der Waals surface area contributed by atoms with Crippen LogP contribution in [0.5, 0.6) is 0 Å². The van der Waals surface area contributed by atoms with Crippen LogP contribution in [0.15, 0.2) is 21.6 Å². The predicted octanol–water partition coefficient (Wildman–Crippen LogP) is 0.846. The van der Waals surface area contributed by atoms with Crippen LogP contribution in [0.4, 0.5) is 0 Å². The van der Waals surface area contributed by atoms with E-state index in [4.69, 9.17) is 9.15 Å². The molecule has 108 valence electrons. The van der Waals surface area contributed by atoms with Crippen molar-refractivity contribution in [2.45, 2.75) is 36.9 Å². The number of nitrogens with one attached hydrogen (secondary N) is 2. The lowest BCUT2D eigenvalue weighted by molar-refractivity contribution is 0.0385. The Balaban J connectivity index is 2.12. The minimum atomic E-state index is -3.64. The zero-order valence-corrected chi connectivity index (χ0v) is 12.0. The Bertz CT molecular complexity index is 518. The SMILES string of the molecule is CNCc1ccc(S(=O)(=O)NC2(C)CCCOC2)o1. The van der Waals surface area contributed by atoms with Gasteiger partial charge in [0.2, 0.25) is 5.09 Å². The summed E-state index contributed by atoms with van der Waals surface area (Å²) >= 11 is 0. The highest BCUT2D eigenvalue weighted by molar-refractivity contribution is 7.89. The van der Waals surface area contributed by atoms with Crippen molar-refractivity contribution in [2.24, 2.45) is 0 Å². The molecule has 1 saturated heterocycles. The van der Waals surface area contributed by atoms with Crippen molar-refractivity contribution in [3.8, 4) is 0 Å². The van der Waals surface area contributed by atoms with E-state index >= 15 is 0 Å². The summed E-state index contributed by atoms with van der Waals surface area (Å²) in [6.45, 7) is 3.41. The Kier molecular flexibility index (Phi) is 4.29. The molecule has 0 saturated carbocycles. The lowest BCUT2D eigenvalue weighted by Gasteiger charge is -2.33. The lowest BCUT2D eigenvalue weighted by Crippen LogP contribution is -2.51. The molecular formula is C12H20N2O4S. The minimum absolute atomic E-state index is 0.0513. The van der Waals surface area contributed by atoms with Gasteiger partial charge in [-0.05, 0) is 38.9 Å². The van der Waals surface area contributed by atoms with Gasteiger partial charge in [0.15, 0.2) is 0 Å². The normalized spacial score (nSPS) is 24.5. The van der Waals surface area contributed by atoms with E-state index in [1.54, 1.807) is 13.1 Å². The molecule has 2 rings (SSSR count). The Hall–Kier alpha value is -0.890. The zero-order chi connectivity index (χ0) is 13.9. The van der Waals surface area contributed by atoms with Crippen LogP contribution in [0.1, 0.15) is 25.5 Å². The molecule has 0 radical (unpaired) electrons. The second kappa shape index (κ2) is 5.62. The summed E-state index contributed by atoms with van der Waals surface area (Å²) in [5, 5.41) is 2.86. The second-order valence-corrected chi connectivity index (χ2v) is 6.69. The molecular weight excluding hydrogens is 268 g/mol. The third kappa shape index (κ3) is 3.56. The summed E-state index contributed by atoms with van der Waals surface area (Å²) in [6, 6.07) is 3.13. The standard InChI is InChI=1S/C12H20N2O4S/c1-12(6-3-7-17-9-12)14-19(15,16)11-5-4-10(18-11)8-13-2/h4-5,13-14H,3,6-9H2,1-2H3. The molecule has 6 nitrogen and oxygen atoms in total. The topological polar surface area (TPSA) is 80.6 Å². The van der Waals surface area contributed by atoms with E-state index in [9.17, 15) is 8.42 Å². The summed E-state index contributed by atoms with van der Waals surface area (Å²) < 4.78 is 37.8. The number of ether oxygens (including phenoxy) is 1. The van der Waals surface area contributed by atoms with Gasteiger partial charge in [-0.15, -0.1) is 0 Å². The summed E-state index contributed by atoms with van der Waals surface area (Å²) in [6.07, 6.45) is 1.61. The van der Waals surface area contributed by atoms with E-state index in [0.29, 0.717) is 25.5 Å². The van der Waals surface area contributed by atoms with E-state index in [-0.39, 0.29) is 5.09 Å². The van der Waals surface area contributed by atoms with E-state index in [1.165, 1.54) is 6.07 Å². The van der Waals surface area contributed by atoms with E-state index < -0.39 is 15.6 Å². The molecule has 7 heteroatoms. The number of hydrogen-bond donors (Lipinski definition) is 2. The molecule has 2 heterocycles. The molecule has 19 heavy (non-hydrogen) atoms. The van der Waals surface area contributed by atoms with Crippen molar-refractivity contribution >= 4 is 10.0 Å². The fourth-order valence-corrected chi connectivity index (χ4v) is 3.54. The maximum atomic E-state index is 12.2. The molecule has 0 aromatic carbocycles. The summed E-state index contributed by atoms with van der Waals surface area (Å²) in [5.41, 5.74) is -0.562. The Morgan fingerprint density at radius 3 is 2.84 bits per heavy atom. The van der Waals surface area contributed by atoms with Gasteiger partial charge in [-0.2, -0.15) is 0 Å². The zero-order valence-electron chi connectivity index (χ0n) is 11.2. The van der Waals surface area contributed by atoms with Crippen molar-refractivity contribution in [1.82, 2.24) is 10.0 Å². The van der Waals surface area contributed by atoms with E-state index in [1.807, 2.05) is 6.92 Å². The first-order chi connectivity index (χ1) is 8.95. The first-order valence-electron chi connectivity index (χ1n) is 6.30. The first kappa shape index (κ1) is 14.5. The summed E-state index contributed by atoms with van der Waals surface area (Å²) in [7, 11) is -1.87. The minimum Gasteiger partial charge on any atom is -0.447 e. The number of hydrogen-bond acceptors (Lipinski definition) is 5. The van der Waals surface area contributed by atoms with Crippen LogP contribution >= 0.6 is 0 Å². The van der Waals surface area contributed by atoms with Gasteiger partial charge in [-0.3, -0.25) is 0 Å². The average Bonchev–Trinajstić information content (AvgIpc) is 2.78. The van der Waals surface area contributed by atoms with Crippen molar-refractivity contribution in [2.75, 3.05) is 20.3 Å². The molecule has 1 atom stereocenters. The maximum Gasteiger partial charge on any atom is 0.274 e. The van der Waals surface area contributed by atoms with Crippen molar-refractivity contribution in [3.05, 3.63) is 17.9 Å². The number of rotatable bonds is 5. The van der Waals surface area contributed by atoms with Gasteiger partial charge in [0.05, 0.1) is 18.7 Å². The highest BCUT2D eigenvalue weighted by atomic mass is 32.2. The fraction of sp³-hybridized carbons (Fsp3) is 0.667. The van der Waals surface area contributed by atoms with Gasteiger partial charge in [0.25, 0.3) is 10.0 Å². The molecule has 1 aliphatic rings.